The Morgan fingerprint density at radius 1 is 1.29 bits per heavy atom. The number of sulfone groups is 1. The molecular formula is C11H16N2O2S2. The Morgan fingerprint density at radius 2 is 1.94 bits per heavy atom. The molecule has 17 heavy (non-hydrogen) atoms. The molecule has 0 radical (unpaired) electrons. The molecule has 0 aliphatic rings. The van der Waals surface area contributed by atoms with E-state index in [2.05, 4.69) is 10.6 Å². The molecule has 0 fully saturated rings. The van der Waals surface area contributed by atoms with Crippen LogP contribution in [0, 0.1) is 0 Å². The van der Waals surface area contributed by atoms with Gasteiger partial charge in [-0.15, -0.1) is 0 Å². The Hall–Kier alpha value is -1.14. The molecule has 0 spiro atoms. The standard InChI is InChI=1S/C11H16N2O2S2/c1-2-17(14,15)9-8-12-11(16)13-10-6-4-3-5-7-10/h3-7H,2,8-9H2,1H3,(H2,12,13,16). The van der Waals surface area contributed by atoms with E-state index in [0.29, 0.717) is 11.7 Å². The van der Waals surface area contributed by atoms with Crippen molar-refractivity contribution in [3.05, 3.63) is 30.3 Å². The fraction of sp³-hybridized carbons (Fsp3) is 0.364. The predicted molar refractivity (Wildman–Crippen MR) is 75.0 cm³/mol. The highest BCUT2D eigenvalue weighted by Crippen LogP contribution is 2.04. The fourth-order valence-electron chi connectivity index (χ4n) is 1.16. The molecule has 0 saturated carbocycles. The Labute approximate surface area is 107 Å². The maximum absolute atomic E-state index is 11.2. The van der Waals surface area contributed by atoms with Crippen molar-refractivity contribution in [1.82, 2.24) is 5.32 Å². The van der Waals surface area contributed by atoms with Crippen molar-refractivity contribution in [1.29, 1.82) is 0 Å². The third-order valence-electron chi connectivity index (χ3n) is 2.17. The molecule has 94 valence electrons. The lowest BCUT2D eigenvalue weighted by Crippen LogP contribution is -2.32. The van der Waals surface area contributed by atoms with Gasteiger partial charge in [-0.2, -0.15) is 0 Å². The second-order valence-corrected chi connectivity index (χ2v) is 6.36. The largest absolute Gasteiger partial charge is 0.361 e. The van der Waals surface area contributed by atoms with Crippen molar-refractivity contribution in [3.8, 4) is 0 Å². The van der Waals surface area contributed by atoms with Crippen molar-refractivity contribution >= 4 is 32.9 Å². The van der Waals surface area contributed by atoms with Crippen molar-refractivity contribution in [2.24, 2.45) is 0 Å². The maximum Gasteiger partial charge on any atom is 0.170 e. The Balaban J connectivity index is 2.32. The number of rotatable bonds is 5. The summed E-state index contributed by atoms with van der Waals surface area (Å²) in [5, 5.41) is 6.27. The van der Waals surface area contributed by atoms with E-state index >= 15 is 0 Å². The van der Waals surface area contributed by atoms with E-state index in [-0.39, 0.29) is 11.5 Å². The number of nitrogens with one attached hydrogen (secondary N) is 2. The van der Waals surface area contributed by atoms with E-state index < -0.39 is 9.84 Å². The van der Waals surface area contributed by atoms with Gasteiger partial charge in [-0.1, -0.05) is 25.1 Å². The van der Waals surface area contributed by atoms with E-state index in [4.69, 9.17) is 12.2 Å². The molecule has 0 amide bonds. The Morgan fingerprint density at radius 3 is 2.53 bits per heavy atom. The molecule has 0 aliphatic heterocycles. The molecule has 0 aliphatic carbocycles. The van der Waals surface area contributed by atoms with Gasteiger partial charge in [0.1, 0.15) is 0 Å². The summed E-state index contributed by atoms with van der Waals surface area (Å²) in [5.41, 5.74) is 0.878. The van der Waals surface area contributed by atoms with Crippen LogP contribution in [0.3, 0.4) is 0 Å². The van der Waals surface area contributed by atoms with Gasteiger partial charge in [0.25, 0.3) is 0 Å². The number of anilines is 1. The smallest absolute Gasteiger partial charge is 0.170 e. The summed E-state index contributed by atoms with van der Waals surface area (Å²) in [6, 6.07) is 9.47. The molecule has 0 aromatic heterocycles. The highest BCUT2D eigenvalue weighted by atomic mass is 32.2. The van der Waals surface area contributed by atoms with Crippen LogP contribution in [0.1, 0.15) is 6.92 Å². The van der Waals surface area contributed by atoms with Crippen molar-refractivity contribution in [3.63, 3.8) is 0 Å². The van der Waals surface area contributed by atoms with Gasteiger partial charge in [0.15, 0.2) is 14.9 Å². The van der Waals surface area contributed by atoms with Gasteiger partial charge in [0, 0.05) is 18.0 Å². The summed E-state index contributed by atoms with van der Waals surface area (Å²) < 4.78 is 22.5. The van der Waals surface area contributed by atoms with Crippen molar-refractivity contribution in [2.75, 3.05) is 23.4 Å². The lowest BCUT2D eigenvalue weighted by molar-refractivity contribution is 0.596. The molecule has 1 rings (SSSR count). The predicted octanol–water partition coefficient (Wildman–Crippen LogP) is 1.41. The lowest BCUT2D eigenvalue weighted by atomic mass is 10.3. The summed E-state index contributed by atoms with van der Waals surface area (Å²) in [7, 11) is -2.94. The summed E-state index contributed by atoms with van der Waals surface area (Å²) in [4.78, 5) is 0. The molecular weight excluding hydrogens is 256 g/mol. The third-order valence-corrected chi connectivity index (χ3v) is 4.12. The van der Waals surface area contributed by atoms with E-state index in [1.54, 1.807) is 6.92 Å². The second-order valence-electron chi connectivity index (χ2n) is 3.48. The summed E-state index contributed by atoms with van der Waals surface area (Å²) in [6.45, 7) is 1.96. The first-order valence-corrected chi connectivity index (χ1v) is 7.57. The number of hydrogen-bond donors (Lipinski definition) is 2. The van der Waals surface area contributed by atoms with Crippen LogP contribution < -0.4 is 10.6 Å². The molecule has 0 saturated heterocycles. The van der Waals surface area contributed by atoms with Gasteiger partial charge in [-0.25, -0.2) is 8.42 Å². The highest BCUT2D eigenvalue weighted by molar-refractivity contribution is 7.91. The molecule has 0 bridgehead atoms. The molecule has 0 atom stereocenters. The average Bonchev–Trinajstić information content (AvgIpc) is 2.30. The number of hydrogen-bond acceptors (Lipinski definition) is 3. The van der Waals surface area contributed by atoms with Crippen LogP contribution in [-0.2, 0) is 9.84 Å². The van der Waals surface area contributed by atoms with E-state index in [1.807, 2.05) is 30.3 Å². The van der Waals surface area contributed by atoms with E-state index in [0.717, 1.165) is 5.69 Å². The number of benzene rings is 1. The van der Waals surface area contributed by atoms with E-state index in [9.17, 15) is 8.42 Å². The molecule has 1 aromatic rings. The van der Waals surface area contributed by atoms with Gasteiger partial charge < -0.3 is 10.6 Å². The molecule has 0 heterocycles. The summed E-state index contributed by atoms with van der Waals surface area (Å²) >= 11 is 5.04. The Kier molecular flexibility index (Phi) is 5.37. The quantitative estimate of drug-likeness (QED) is 0.794. The van der Waals surface area contributed by atoms with Crippen LogP contribution in [0.5, 0.6) is 0 Å². The zero-order valence-electron chi connectivity index (χ0n) is 9.64. The SMILES string of the molecule is CCS(=O)(=O)CCNC(=S)Nc1ccccc1. The van der Waals surface area contributed by atoms with Crippen LogP contribution in [0.2, 0.25) is 0 Å². The van der Waals surface area contributed by atoms with Crippen LogP contribution in [0.4, 0.5) is 5.69 Å². The first kappa shape index (κ1) is 13.9. The van der Waals surface area contributed by atoms with Gasteiger partial charge >= 0.3 is 0 Å². The molecule has 6 heteroatoms. The van der Waals surface area contributed by atoms with Crippen LogP contribution in [0.25, 0.3) is 0 Å². The first-order valence-electron chi connectivity index (χ1n) is 5.34. The van der Waals surface area contributed by atoms with Crippen molar-refractivity contribution < 1.29 is 8.42 Å². The normalized spacial score (nSPS) is 10.9. The fourth-order valence-corrected chi connectivity index (χ4v) is 2.08. The monoisotopic (exact) mass is 272 g/mol. The van der Waals surface area contributed by atoms with Crippen LogP contribution in [0.15, 0.2) is 30.3 Å². The Bertz CT molecular complexity index is 458. The average molecular weight is 272 g/mol. The zero-order valence-corrected chi connectivity index (χ0v) is 11.3. The first-order chi connectivity index (χ1) is 8.03. The van der Waals surface area contributed by atoms with Gasteiger partial charge in [-0.3, -0.25) is 0 Å². The van der Waals surface area contributed by atoms with Gasteiger partial charge in [0.05, 0.1) is 5.75 Å². The number of para-hydroxylation sites is 1. The zero-order chi connectivity index (χ0) is 12.7. The van der Waals surface area contributed by atoms with Gasteiger partial charge in [-0.05, 0) is 24.4 Å². The van der Waals surface area contributed by atoms with Crippen LogP contribution >= 0.6 is 12.2 Å². The molecule has 0 unspecified atom stereocenters. The van der Waals surface area contributed by atoms with E-state index in [1.165, 1.54) is 0 Å². The highest BCUT2D eigenvalue weighted by Gasteiger charge is 2.06. The van der Waals surface area contributed by atoms with Gasteiger partial charge in [0.2, 0.25) is 0 Å². The molecule has 2 N–H and O–H groups in total. The maximum atomic E-state index is 11.2. The summed E-state index contributed by atoms with van der Waals surface area (Å²) in [5.74, 6) is 0.258. The topological polar surface area (TPSA) is 58.2 Å². The minimum absolute atomic E-state index is 0.0973. The number of thiocarbonyl (C=S) groups is 1. The molecule has 4 nitrogen and oxygen atoms in total. The minimum atomic E-state index is -2.94. The third kappa shape index (κ3) is 5.65. The van der Waals surface area contributed by atoms with Crippen molar-refractivity contribution in [2.45, 2.75) is 6.92 Å². The second kappa shape index (κ2) is 6.56. The molecule has 1 aromatic carbocycles. The van der Waals surface area contributed by atoms with Crippen LogP contribution in [-0.4, -0.2) is 31.6 Å². The minimum Gasteiger partial charge on any atom is -0.361 e. The lowest BCUT2D eigenvalue weighted by Gasteiger charge is -2.10. The summed E-state index contributed by atoms with van der Waals surface area (Å²) in [6.07, 6.45) is 0.